The number of carbonyl (C=O) groups excluding carboxylic acids is 1. The minimum atomic E-state index is -0.216. The van der Waals surface area contributed by atoms with Crippen LogP contribution in [0.4, 0.5) is 11.4 Å². The summed E-state index contributed by atoms with van der Waals surface area (Å²) in [5, 5.41) is 6.04. The highest BCUT2D eigenvalue weighted by Gasteiger charge is 2.10. The minimum Gasteiger partial charge on any atom is -0.495 e. The molecule has 0 aliphatic heterocycles. The van der Waals surface area contributed by atoms with E-state index in [4.69, 9.17) is 4.74 Å². The Hall–Kier alpha value is -2.56. The van der Waals surface area contributed by atoms with E-state index in [-0.39, 0.29) is 5.91 Å². The summed E-state index contributed by atoms with van der Waals surface area (Å²) in [7, 11) is 1.57. The molecule has 1 aromatic heterocycles. The molecule has 5 heteroatoms. The Labute approximate surface area is 124 Å². The van der Waals surface area contributed by atoms with Gasteiger partial charge in [-0.2, -0.15) is 0 Å². The van der Waals surface area contributed by atoms with Crippen LogP contribution in [-0.4, -0.2) is 24.5 Å². The molecular formula is C16H19N3O2. The molecule has 0 fully saturated rings. The summed E-state index contributed by atoms with van der Waals surface area (Å²) < 4.78 is 5.22. The zero-order valence-corrected chi connectivity index (χ0v) is 12.2. The Morgan fingerprint density at radius 3 is 2.86 bits per heavy atom. The van der Waals surface area contributed by atoms with Gasteiger partial charge in [0.25, 0.3) is 5.91 Å². The lowest BCUT2D eigenvalue weighted by Crippen LogP contribution is -2.13. The lowest BCUT2D eigenvalue weighted by Gasteiger charge is -2.10. The maximum Gasteiger partial charge on any atom is 0.257 e. The zero-order chi connectivity index (χ0) is 15.1. The van der Waals surface area contributed by atoms with Gasteiger partial charge in [-0.05, 0) is 24.6 Å². The van der Waals surface area contributed by atoms with Crippen molar-refractivity contribution in [1.82, 2.24) is 4.98 Å². The number of pyridine rings is 1. The summed E-state index contributed by atoms with van der Waals surface area (Å²) in [5.74, 6) is 0.409. The van der Waals surface area contributed by atoms with Crippen LogP contribution in [0.15, 0.2) is 42.7 Å². The van der Waals surface area contributed by atoms with Crippen LogP contribution in [0.25, 0.3) is 0 Å². The molecule has 2 aromatic rings. The molecule has 1 heterocycles. The Morgan fingerprint density at radius 2 is 2.10 bits per heavy atom. The first-order chi connectivity index (χ1) is 10.2. The number of nitrogens with one attached hydrogen (secondary N) is 2. The van der Waals surface area contributed by atoms with Crippen LogP contribution in [0.1, 0.15) is 23.7 Å². The predicted molar refractivity (Wildman–Crippen MR) is 84.0 cm³/mol. The summed E-state index contributed by atoms with van der Waals surface area (Å²) in [6.45, 7) is 2.93. The van der Waals surface area contributed by atoms with Gasteiger partial charge in [-0.15, -0.1) is 0 Å². The first-order valence-corrected chi connectivity index (χ1v) is 6.88. The molecule has 0 aliphatic carbocycles. The first-order valence-electron chi connectivity index (χ1n) is 6.88. The molecule has 2 rings (SSSR count). The molecule has 0 aliphatic rings. The maximum absolute atomic E-state index is 12.3. The molecule has 0 saturated heterocycles. The molecule has 0 atom stereocenters. The van der Waals surface area contributed by atoms with E-state index >= 15 is 0 Å². The topological polar surface area (TPSA) is 63.2 Å². The van der Waals surface area contributed by atoms with Gasteiger partial charge in [0, 0.05) is 18.9 Å². The van der Waals surface area contributed by atoms with Crippen LogP contribution in [0, 0.1) is 0 Å². The SMILES string of the molecule is CCCNc1cncc(C(=O)Nc2ccccc2OC)c1. The van der Waals surface area contributed by atoms with Gasteiger partial charge in [-0.1, -0.05) is 19.1 Å². The number of para-hydroxylation sites is 2. The number of amides is 1. The van der Waals surface area contributed by atoms with Crippen LogP contribution in [0.3, 0.4) is 0 Å². The molecule has 110 valence electrons. The van der Waals surface area contributed by atoms with Gasteiger partial charge in [-0.3, -0.25) is 9.78 Å². The normalized spacial score (nSPS) is 10.0. The fraction of sp³-hybridized carbons (Fsp3) is 0.250. The predicted octanol–water partition coefficient (Wildman–Crippen LogP) is 3.16. The molecule has 0 radical (unpaired) electrons. The van der Waals surface area contributed by atoms with Crippen LogP contribution < -0.4 is 15.4 Å². The van der Waals surface area contributed by atoms with Gasteiger partial charge in [0.2, 0.25) is 0 Å². The molecule has 1 aromatic carbocycles. The quantitative estimate of drug-likeness (QED) is 0.855. The highest BCUT2D eigenvalue weighted by atomic mass is 16.5. The first kappa shape index (κ1) is 14.8. The second kappa shape index (κ2) is 7.28. The molecule has 0 saturated carbocycles. The largest absolute Gasteiger partial charge is 0.495 e. The average Bonchev–Trinajstić information content (AvgIpc) is 2.53. The standard InChI is InChI=1S/C16H19N3O2/c1-3-8-18-13-9-12(10-17-11-13)16(20)19-14-6-4-5-7-15(14)21-2/h4-7,9-11,18H,3,8H2,1-2H3,(H,19,20). The maximum atomic E-state index is 12.3. The van der Waals surface area contributed by atoms with Crippen molar-refractivity contribution in [3.05, 3.63) is 48.3 Å². The second-order valence-electron chi connectivity index (χ2n) is 4.54. The van der Waals surface area contributed by atoms with E-state index in [0.717, 1.165) is 18.7 Å². The van der Waals surface area contributed by atoms with E-state index in [2.05, 4.69) is 22.5 Å². The third-order valence-electron chi connectivity index (χ3n) is 2.93. The number of aromatic nitrogens is 1. The highest BCUT2D eigenvalue weighted by molar-refractivity contribution is 6.05. The van der Waals surface area contributed by atoms with E-state index in [1.165, 1.54) is 0 Å². The molecule has 2 N–H and O–H groups in total. The number of benzene rings is 1. The fourth-order valence-corrected chi connectivity index (χ4v) is 1.87. The fourth-order valence-electron chi connectivity index (χ4n) is 1.87. The van der Waals surface area contributed by atoms with Crippen molar-refractivity contribution < 1.29 is 9.53 Å². The molecular weight excluding hydrogens is 266 g/mol. The minimum absolute atomic E-state index is 0.216. The Balaban J connectivity index is 2.13. The van der Waals surface area contributed by atoms with Gasteiger partial charge in [-0.25, -0.2) is 0 Å². The van der Waals surface area contributed by atoms with E-state index in [1.54, 1.807) is 37.7 Å². The van der Waals surface area contributed by atoms with Crippen molar-refractivity contribution in [3.63, 3.8) is 0 Å². The van der Waals surface area contributed by atoms with Gasteiger partial charge in [0.1, 0.15) is 5.75 Å². The van der Waals surface area contributed by atoms with Gasteiger partial charge < -0.3 is 15.4 Å². The lowest BCUT2D eigenvalue weighted by atomic mass is 10.2. The summed E-state index contributed by atoms with van der Waals surface area (Å²) >= 11 is 0. The summed E-state index contributed by atoms with van der Waals surface area (Å²) in [6, 6.07) is 9.07. The van der Waals surface area contributed by atoms with Crippen molar-refractivity contribution in [2.45, 2.75) is 13.3 Å². The van der Waals surface area contributed by atoms with Crippen LogP contribution in [-0.2, 0) is 0 Å². The number of hydrogen-bond donors (Lipinski definition) is 2. The number of nitrogens with zero attached hydrogens (tertiary/aromatic N) is 1. The number of rotatable bonds is 6. The molecule has 0 spiro atoms. The zero-order valence-electron chi connectivity index (χ0n) is 12.2. The number of ether oxygens (including phenoxy) is 1. The third kappa shape index (κ3) is 3.95. The van der Waals surface area contributed by atoms with Gasteiger partial charge in [0.15, 0.2) is 0 Å². The number of hydrogen-bond acceptors (Lipinski definition) is 4. The van der Waals surface area contributed by atoms with Gasteiger partial charge in [0.05, 0.1) is 24.0 Å². The van der Waals surface area contributed by atoms with Crippen molar-refractivity contribution in [2.24, 2.45) is 0 Å². The molecule has 5 nitrogen and oxygen atoms in total. The van der Waals surface area contributed by atoms with E-state index < -0.39 is 0 Å². The van der Waals surface area contributed by atoms with Crippen LogP contribution in [0.5, 0.6) is 5.75 Å². The molecule has 0 bridgehead atoms. The number of carbonyl (C=O) groups is 1. The molecule has 0 unspecified atom stereocenters. The third-order valence-corrected chi connectivity index (χ3v) is 2.93. The Kier molecular flexibility index (Phi) is 5.15. The number of methoxy groups -OCH3 is 1. The summed E-state index contributed by atoms with van der Waals surface area (Å²) in [6.07, 6.45) is 4.26. The smallest absolute Gasteiger partial charge is 0.257 e. The van der Waals surface area contributed by atoms with Crippen LogP contribution >= 0.6 is 0 Å². The lowest BCUT2D eigenvalue weighted by molar-refractivity contribution is 0.102. The number of anilines is 2. The summed E-state index contributed by atoms with van der Waals surface area (Å²) in [4.78, 5) is 16.4. The monoisotopic (exact) mass is 285 g/mol. The summed E-state index contributed by atoms with van der Waals surface area (Å²) in [5.41, 5.74) is 1.98. The van der Waals surface area contributed by atoms with E-state index in [1.807, 2.05) is 12.1 Å². The van der Waals surface area contributed by atoms with Crippen molar-refractivity contribution in [2.75, 3.05) is 24.3 Å². The Bertz CT molecular complexity index is 614. The van der Waals surface area contributed by atoms with Crippen molar-refractivity contribution >= 4 is 17.3 Å². The van der Waals surface area contributed by atoms with Crippen LogP contribution in [0.2, 0.25) is 0 Å². The highest BCUT2D eigenvalue weighted by Crippen LogP contribution is 2.23. The van der Waals surface area contributed by atoms with Crippen molar-refractivity contribution in [1.29, 1.82) is 0 Å². The van der Waals surface area contributed by atoms with E-state index in [0.29, 0.717) is 17.0 Å². The molecule has 1 amide bonds. The average molecular weight is 285 g/mol. The molecule has 21 heavy (non-hydrogen) atoms. The van der Waals surface area contributed by atoms with Crippen molar-refractivity contribution in [3.8, 4) is 5.75 Å². The van der Waals surface area contributed by atoms with Gasteiger partial charge >= 0.3 is 0 Å². The van der Waals surface area contributed by atoms with E-state index in [9.17, 15) is 4.79 Å². The second-order valence-corrected chi connectivity index (χ2v) is 4.54. The Morgan fingerprint density at radius 1 is 1.29 bits per heavy atom.